The van der Waals surface area contributed by atoms with Crippen molar-refractivity contribution in [3.05, 3.63) is 35.6 Å². The maximum Gasteiger partial charge on any atom is 0.275 e. The first-order valence-corrected chi connectivity index (χ1v) is 11.1. The summed E-state index contributed by atoms with van der Waals surface area (Å²) in [5, 5.41) is 13.4. The standard InChI is InChI=1S/C20H24F2N4O2S2/c1-11(13-7-5-6-8-14(13)21)29-18-24-16(23-12(10-27)9-20(2,3)22)15-17(25-18)26-19(28-4)30-15/h5-8,11-12,27H,9-10H2,1-4H3,(H,23,24,25)/t11-,12+/m0/s1. The third-order valence-electron chi connectivity index (χ3n) is 4.31. The second kappa shape index (κ2) is 9.40. The molecule has 30 heavy (non-hydrogen) atoms. The number of thiazole rings is 1. The van der Waals surface area contributed by atoms with Crippen LogP contribution in [0.5, 0.6) is 5.19 Å². The molecule has 2 N–H and O–H groups in total. The number of nitrogens with zero attached hydrogens (tertiary/aromatic N) is 3. The van der Waals surface area contributed by atoms with Gasteiger partial charge in [0.25, 0.3) is 5.19 Å². The largest absolute Gasteiger partial charge is 0.473 e. The third-order valence-corrected chi connectivity index (χ3v) is 6.32. The Hall–Kier alpha value is -2.04. The molecule has 0 saturated carbocycles. The van der Waals surface area contributed by atoms with E-state index in [1.165, 1.54) is 50.1 Å². The number of alkyl halides is 1. The van der Waals surface area contributed by atoms with Crippen molar-refractivity contribution in [3.63, 3.8) is 0 Å². The maximum atomic E-state index is 14.1. The topological polar surface area (TPSA) is 80.2 Å². The Bertz CT molecular complexity index is 1010. The van der Waals surface area contributed by atoms with E-state index < -0.39 is 11.7 Å². The van der Waals surface area contributed by atoms with Gasteiger partial charge in [0.15, 0.2) is 16.6 Å². The minimum Gasteiger partial charge on any atom is -0.473 e. The molecule has 0 saturated heterocycles. The van der Waals surface area contributed by atoms with Gasteiger partial charge in [-0.1, -0.05) is 41.3 Å². The third kappa shape index (κ3) is 5.55. The molecule has 162 valence electrons. The summed E-state index contributed by atoms with van der Waals surface area (Å²) in [4.78, 5) is 13.4. The summed E-state index contributed by atoms with van der Waals surface area (Å²) in [7, 11) is 1.51. The van der Waals surface area contributed by atoms with E-state index >= 15 is 0 Å². The number of hydrogen-bond donors (Lipinski definition) is 2. The van der Waals surface area contributed by atoms with Gasteiger partial charge in [0.2, 0.25) is 0 Å². The average Bonchev–Trinajstić information content (AvgIpc) is 3.10. The zero-order valence-corrected chi connectivity index (χ0v) is 18.8. The summed E-state index contributed by atoms with van der Waals surface area (Å²) < 4.78 is 34.1. The summed E-state index contributed by atoms with van der Waals surface area (Å²) in [5.74, 6) is 0.144. The van der Waals surface area contributed by atoms with Crippen LogP contribution in [0, 0.1) is 5.82 Å². The summed E-state index contributed by atoms with van der Waals surface area (Å²) in [5.41, 5.74) is -0.493. The van der Waals surface area contributed by atoms with Crippen LogP contribution >= 0.6 is 23.1 Å². The zero-order chi connectivity index (χ0) is 21.9. The molecule has 0 amide bonds. The number of ether oxygens (including phenoxy) is 1. The second-order valence-corrected chi connectivity index (χ2v) is 9.69. The summed E-state index contributed by atoms with van der Waals surface area (Å²) in [6, 6.07) is 6.02. The molecular formula is C20H24F2N4O2S2. The monoisotopic (exact) mass is 454 g/mol. The Kier molecular flexibility index (Phi) is 7.10. The van der Waals surface area contributed by atoms with Gasteiger partial charge < -0.3 is 15.2 Å². The van der Waals surface area contributed by atoms with Gasteiger partial charge in [-0.3, -0.25) is 0 Å². The highest BCUT2D eigenvalue weighted by Gasteiger charge is 2.24. The molecule has 0 fully saturated rings. The van der Waals surface area contributed by atoms with Gasteiger partial charge in [-0.05, 0) is 26.8 Å². The Labute approximate surface area is 182 Å². The number of aliphatic hydroxyl groups is 1. The molecule has 1 aromatic carbocycles. The van der Waals surface area contributed by atoms with Crippen LogP contribution in [0.15, 0.2) is 29.4 Å². The lowest BCUT2D eigenvalue weighted by Gasteiger charge is -2.23. The molecular weight excluding hydrogens is 430 g/mol. The maximum absolute atomic E-state index is 14.1. The average molecular weight is 455 g/mol. The van der Waals surface area contributed by atoms with E-state index in [9.17, 15) is 13.9 Å². The van der Waals surface area contributed by atoms with Gasteiger partial charge in [-0.15, -0.1) is 0 Å². The van der Waals surface area contributed by atoms with Crippen LogP contribution < -0.4 is 10.1 Å². The van der Waals surface area contributed by atoms with Crippen LogP contribution in [-0.2, 0) is 0 Å². The van der Waals surface area contributed by atoms with Gasteiger partial charge >= 0.3 is 0 Å². The quantitative estimate of drug-likeness (QED) is 0.348. The molecule has 0 unspecified atom stereocenters. The van der Waals surface area contributed by atoms with Gasteiger partial charge in [-0.2, -0.15) is 4.98 Å². The van der Waals surface area contributed by atoms with E-state index in [4.69, 9.17) is 4.74 Å². The SMILES string of the molecule is COc1nc2nc(S[C@@H](C)c3ccccc3F)nc(N[C@@H](CO)CC(C)(C)F)c2s1. The minimum atomic E-state index is -1.46. The number of hydrogen-bond acceptors (Lipinski definition) is 8. The molecule has 6 nitrogen and oxygen atoms in total. The van der Waals surface area contributed by atoms with Crippen LogP contribution in [0.1, 0.15) is 38.0 Å². The van der Waals surface area contributed by atoms with E-state index in [1.807, 2.05) is 6.92 Å². The minimum absolute atomic E-state index is 0.0963. The lowest BCUT2D eigenvalue weighted by Crippen LogP contribution is -2.31. The number of benzene rings is 1. The van der Waals surface area contributed by atoms with Crippen LogP contribution in [-0.4, -0.2) is 45.5 Å². The second-order valence-electron chi connectivity index (χ2n) is 7.42. The fourth-order valence-corrected chi connectivity index (χ4v) is 4.68. The van der Waals surface area contributed by atoms with Crippen molar-refractivity contribution < 1.29 is 18.6 Å². The van der Waals surface area contributed by atoms with Crippen LogP contribution in [0.3, 0.4) is 0 Å². The van der Waals surface area contributed by atoms with E-state index in [0.717, 1.165) is 0 Å². The highest BCUT2D eigenvalue weighted by Crippen LogP contribution is 2.38. The molecule has 3 aromatic rings. The molecule has 2 heterocycles. The predicted octanol–water partition coefficient (Wildman–Crippen LogP) is 5.00. The molecule has 0 spiro atoms. The Morgan fingerprint density at radius 3 is 2.63 bits per heavy atom. The van der Waals surface area contributed by atoms with Gasteiger partial charge in [0, 0.05) is 17.2 Å². The Balaban J connectivity index is 1.95. The number of thioether (sulfide) groups is 1. The molecule has 0 aliphatic rings. The normalized spacial score (nSPS) is 14.0. The van der Waals surface area contributed by atoms with Crippen molar-refractivity contribution in [2.45, 2.75) is 49.3 Å². The molecule has 0 radical (unpaired) electrons. The van der Waals surface area contributed by atoms with Crippen LogP contribution in [0.4, 0.5) is 14.6 Å². The first kappa shape index (κ1) is 22.6. The van der Waals surface area contributed by atoms with E-state index in [0.29, 0.717) is 32.1 Å². The highest BCUT2D eigenvalue weighted by molar-refractivity contribution is 7.99. The van der Waals surface area contributed by atoms with Crippen molar-refractivity contribution in [2.75, 3.05) is 19.0 Å². The van der Waals surface area contributed by atoms with E-state index in [1.54, 1.807) is 18.2 Å². The van der Waals surface area contributed by atoms with Crippen LogP contribution in [0.25, 0.3) is 10.3 Å². The number of aromatic nitrogens is 3. The van der Waals surface area contributed by atoms with Gasteiger partial charge in [0.1, 0.15) is 16.2 Å². The summed E-state index contributed by atoms with van der Waals surface area (Å²) in [6.07, 6.45) is 0.0963. The molecule has 0 bridgehead atoms. The number of anilines is 1. The van der Waals surface area contributed by atoms with Crippen molar-refractivity contribution >= 4 is 39.3 Å². The Morgan fingerprint density at radius 1 is 1.27 bits per heavy atom. The number of fused-ring (bicyclic) bond motifs is 1. The van der Waals surface area contributed by atoms with Crippen molar-refractivity contribution in [3.8, 4) is 5.19 Å². The van der Waals surface area contributed by atoms with Gasteiger partial charge in [-0.25, -0.2) is 18.7 Å². The Morgan fingerprint density at radius 2 is 2.00 bits per heavy atom. The lowest BCUT2D eigenvalue weighted by molar-refractivity contribution is 0.165. The van der Waals surface area contributed by atoms with Crippen molar-refractivity contribution in [2.24, 2.45) is 0 Å². The first-order chi connectivity index (χ1) is 14.2. The lowest BCUT2D eigenvalue weighted by atomic mass is 10.0. The number of methoxy groups -OCH3 is 1. The smallest absolute Gasteiger partial charge is 0.275 e. The summed E-state index contributed by atoms with van der Waals surface area (Å²) in [6.45, 7) is 4.52. The fraction of sp³-hybridized carbons (Fsp3) is 0.450. The molecule has 2 aromatic heterocycles. The predicted molar refractivity (Wildman–Crippen MR) is 117 cm³/mol. The van der Waals surface area contributed by atoms with Crippen molar-refractivity contribution in [1.29, 1.82) is 0 Å². The molecule has 2 atom stereocenters. The number of aliphatic hydroxyl groups excluding tert-OH is 1. The highest BCUT2D eigenvalue weighted by atomic mass is 32.2. The number of nitrogens with one attached hydrogen (secondary N) is 1. The molecule has 3 rings (SSSR count). The first-order valence-electron chi connectivity index (χ1n) is 9.40. The van der Waals surface area contributed by atoms with E-state index in [-0.39, 0.29) is 24.1 Å². The summed E-state index contributed by atoms with van der Waals surface area (Å²) >= 11 is 2.54. The van der Waals surface area contributed by atoms with Crippen LogP contribution in [0.2, 0.25) is 0 Å². The zero-order valence-electron chi connectivity index (χ0n) is 17.1. The number of halogens is 2. The van der Waals surface area contributed by atoms with Gasteiger partial charge in [0.05, 0.1) is 19.8 Å². The molecule has 0 aliphatic carbocycles. The molecule has 10 heteroatoms. The van der Waals surface area contributed by atoms with Crippen molar-refractivity contribution in [1.82, 2.24) is 15.0 Å². The fourth-order valence-electron chi connectivity index (χ4n) is 2.99. The number of rotatable bonds is 9. The van der Waals surface area contributed by atoms with E-state index in [2.05, 4.69) is 20.3 Å². The molecule has 0 aliphatic heterocycles.